The van der Waals surface area contributed by atoms with Crippen LogP contribution in [0, 0.1) is 0 Å². The standard InChI is InChI=1S/C20H20N4/c1-3-23-17-11-7-5-9-15(17)21-19(23)13-14-20-22-16-10-6-8-12-18(16)24(20)4-2/h5-14H,3-4H2,1-2H3/p+1/b14-13+. The Bertz CT molecular complexity index is 952. The topological polar surface area (TPSA) is 37.5 Å². The molecule has 4 rings (SSSR count). The quantitative estimate of drug-likeness (QED) is 0.567. The van der Waals surface area contributed by atoms with Gasteiger partial charge in [0.25, 0.3) is 5.82 Å². The molecule has 0 amide bonds. The maximum absolute atomic E-state index is 4.76. The van der Waals surface area contributed by atoms with E-state index in [0.717, 1.165) is 35.8 Å². The minimum Gasteiger partial charge on any atom is -0.325 e. The van der Waals surface area contributed by atoms with Crippen molar-refractivity contribution in [1.29, 1.82) is 0 Å². The number of nitrogens with zero attached hydrogens (tertiary/aromatic N) is 3. The van der Waals surface area contributed by atoms with Gasteiger partial charge in [-0.1, -0.05) is 24.3 Å². The largest absolute Gasteiger partial charge is 0.325 e. The normalized spacial score (nSPS) is 11.9. The number of hydrogen-bond donors (Lipinski definition) is 1. The molecule has 2 heterocycles. The zero-order valence-corrected chi connectivity index (χ0v) is 14.0. The smallest absolute Gasteiger partial charge is 0.280 e. The van der Waals surface area contributed by atoms with Crippen LogP contribution in [0.1, 0.15) is 25.5 Å². The molecule has 120 valence electrons. The van der Waals surface area contributed by atoms with Crippen molar-refractivity contribution in [2.75, 3.05) is 0 Å². The number of aromatic amines is 1. The molecule has 0 saturated heterocycles. The highest BCUT2D eigenvalue weighted by atomic mass is 15.1. The van der Waals surface area contributed by atoms with E-state index in [1.807, 2.05) is 6.07 Å². The Kier molecular flexibility index (Phi) is 3.65. The summed E-state index contributed by atoms with van der Waals surface area (Å²) in [5.41, 5.74) is 4.60. The molecule has 0 radical (unpaired) electrons. The molecule has 0 saturated carbocycles. The molecule has 0 atom stereocenters. The number of aromatic nitrogens is 4. The highest BCUT2D eigenvalue weighted by Crippen LogP contribution is 2.18. The molecule has 0 unspecified atom stereocenters. The third-order valence-electron chi connectivity index (χ3n) is 4.46. The van der Waals surface area contributed by atoms with Crippen molar-refractivity contribution >= 4 is 34.2 Å². The van der Waals surface area contributed by atoms with Crippen molar-refractivity contribution < 1.29 is 4.57 Å². The number of benzene rings is 2. The summed E-state index contributed by atoms with van der Waals surface area (Å²) in [6.45, 7) is 6.15. The first-order chi connectivity index (χ1) is 11.8. The molecule has 0 fully saturated rings. The first kappa shape index (κ1) is 14.7. The second-order valence-corrected chi connectivity index (χ2v) is 5.81. The number of nitrogens with one attached hydrogen (secondary N) is 1. The van der Waals surface area contributed by atoms with Gasteiger partial charge in [-0.25, -0.2) is 14.5 Å². The lowest BCUT2D eigenvalue weighted by molar-refractivity contribution is -0.669. The van der Waals surface area contributed by atoms with Gasteiger partial charge in [0.15, 0.2) is 11.0 Å². The summed E-state index contributed by atoms with van der Waals surface area (Å²) in [5.74, 6) is 2.08. The van der Waals surface area contributed by atoms with Gasteiger partial charge >= 0.3 is 0 Å². The SMILES string of the molecule is CCn1c(/C=C/c2[nH]c3ccccc3[n+]2CC)nc2ccccc21. The molecule has 24 heavy (non-hydrogen) atoms. The van der Waals surface area contributed by atoms with Gasteiger partial charge in [-0.3, -0.25) is 0 Å². The Balaban J connectivity index is 1.81. The summed E-state index contributed by atoms with van der Waals surface area (Å²) in [5, 5.41) is 0. The molecule has 4 aromatic rings. The van der Waals surface area contributed by atoms with E-state index in [0.29, 0.717) is 0 Å². The van der Waals surface area contributed by atoms with Crippen LogP contribution in [0.3, 0.4) is 0 Å². The van der Waals surface area contributed by atoms with Crippen molar-refractivity contribution in [1.82, 2.24) is 14.5 Å². The highest BCUT2D eigenvalue weighted by Gasteiger charge is 2.14. The fourth-order valence-electron chi connectivity index (χ4n) is 3.33. The van der Waals surface area contributed by atoms with E-state index in [2.05, 4.69) is 82.6 Å². The van der Waals surface area contributed by atoms with Crippen LogP contribution >= 0.6 is 0 Å². The molecule has 1 N–H and O–H groups in total. The van der Waals surface area contributed by atoms with Gasteiger partial charge in [0.2, 0.25) is 0 Å². The lowest BCUT2D eigenvalue weighted by atomic mass is 10.3. The maximum atomic E-state index is 4.76. The molecule has 2 aromatic carbocycles. The van der Waals surface area contributed by atoms with Crippen LogP contribution in [0.5, 0.6) is 0 Å². The molecular weight excluding hydrogens is 296 g/mol. The number of fused-ring (bicyclic) bond motifs is 2. The summed E-state index contributed by atoms with van der Waals surface area (Å²) in [6.07, 6.45) is 4.22. The van der Waals surface area contributed by atoms with Crippen LogP contribution in [-0.2, 0) is 13.1 Å². The van der Waals surface area contributed by atoms with Gasteiger partial charge in [-0.05, 0) is 44.2 Å². The van der Waals surface area contributed by atoms with E-state index in [4.69, 9.17) is 4.98 Å². The second-order valence-electron chi connectivity index (χ2n) is 5.81. The van der Waals surface area contributed by atoms with Crippen LogP contribution in [0.4, 0.5) is 0 Å². The number of imidazole rings is 2. The van der Waals surface area contributed by atoms with Crippen LogP contribution in [0.15, 0.2) is 48.5 Å². The highest BCUT2D eigenvalue weighted by molar-refractivity contribution is 5.80. The van der Waals surface area contributed by atoms with Crippen LogP contribution < -0.4 is 4.57 Å². The number of aryl methyl sites for hydroxylation is 2. The van der Waals surface area contributed by atoms with Crippen molar-refractivity contribution in [2.24, 2.45) is 0 Å². The number of rotatable bonds is 4. The zero-order valence-electron chi connectivity index (χ0n) is 14.0. The monoisotopic (exact) mass is 317 g/mol. The third-order valence-corrected chi connectivity index (χ3v) is 4.46. The van der Waals surface area contributed by atoms with Gasteiger partial charge in [-0.15, -0.1) is 0 Å². The van der Waals surface area contributed by atoms with Gasteiger partial charge in [0.1, 0.15) is 5.82 Å². The summed E-state index contributed by atoms with van der Waals surface area (Å²) in [4.78, 5) is 8.26. The van der Waals surface area contributed by atoms with Crippen molar-refractivity contribution in [3.05, 3.63) is 60.2 Å². The first-order valence-corrected chi connectivity index (χ1v) is 8.45. The van der Waals surface area contributed by atoms with Crippen molar-refractivity contribution in [3.8, 4) is 0 Å². The second kappa shape index (κ2) is 5.96. The molecule has 0 aliphatic rings. The van der Waals surface area contributed by atoms with Crippen LogP contribution in [-0.4, -0.2) is 14.5 Å². The molecular formula is C20H21N4+. The fraction of sp³-hybridized carbons (Fsp3) is 0.200. The van der Waals surface area contributed by atoms with E-state index in [1.165, 1.54) is 11.0 Å². The lowest BCUT2D eigenvalue weighted by Gasteiger charge is -2.01. The summed E-state index contributed by atoms with van der Waals surface area (Å²) in [7, 11) is 0. The minimum atomic E-state index is 0.903. The average Bonchev–Trinajstić information content (AvgIpc) is 3.16. The van der Waals surface area contributed by atoms with E-state index in [1.54, 1.807) is 0 Å². The summed E-state index contributed by atoms with van der Waals surface area (Å²) >= 11 is 0. The molecule has 0 aliphatic heterocycles. The minimum absolute atomic E-state index is 0.903. The maximum Gasteiger partial charge on any atom is 0.280 e. The van der Waals surface area contributed by atoms with Gasteiger partial charge in [-0.2, -0.15) is 0 Å². The summed E-state index contributed by atoms with van der Waals surface area (Å²) in [6, 6.07) is 16.7. The molecule has 0 spiro atoms. The first-order valence-electron chi connectivity index (χ1n) is 8.45. The number of para-hydroxylation sites is 4. The lowest BCUT2D eigenvalue weighted by Crippen LogP contribution is -2.34. The van der Waals surface area contributed by atoms with Gasteiger partial charge in [0.05, 0.1) is 17.6 Å². The zero-order chi connectivity index (χ0) is 16.5. The molecule has 4 heteroatoms. The average molecular weight is 317 g/mol. The Labute approximate surface area is 141 Å². The predicted octanol–water partition coefficient (Wildman–Crippen LogP) is 4.02. The molecule has 0 bridgehead atoms. The predicted molar refractivity (Wildman–Crippen MR) is 98.5 cm³/mol. The Morgan fingerprint density at radius 1 is 1.04 bits per heavy atom. The number of H-pyrrole nitrogens is 1. The van der Waals surface area contributed by atoms with Crippen molar-refractivity contribution in [2.45, 2.75) is 26.9 Å². The van der Waals surface area contributed by atoms with Crippen molar-refractivity contribution in [3.63, 3.8) is 0 Å². The molecule has 4 nitrogen and oxygen atoms in total. The van der Waals surface area contributed by atoms with Crippen LogP contribution in [0.25, 0.3) is 34.2 Å². The van der Waals surface area contributed by atoms with E-state index >= 15 is 0 Å². The van der Waals surface area contributed by atoms with Gasteiger partial charge in [0, 0.05) is 12.6 Å². The van der Waals surface area contributed by atoms with Crippen LogP contribution in [0.2, 0.25) is 0 Å². The third kappa shape index (κ3) is 2.31. The Hall–Kier alpha value is -2.88. The number of hydrogen-bond acceptors (Lipinski definition) is 1. The molecule has 2 aromatic heterocycles. The molecule has 0 aliphatic carbocycles. The van der Waals surface area contributed by atoms with E-state index < -0.39 is 0 Å². The van der Waals surface area contributed by atoms with Gasteiger partial charge < -0.3 is 4.57 Å². The van der Waals surface area contributed by atoms with E-state index in [-0.39, 0.29) is 0 Å². The van der Waals surface area contributed by atoms with E-state index in [9.17, 15) is 0 Å². The summed E-state index contributed by atoms with van der Waals surface area (Å²) < 4.78 is 4.52. The fourth-order valence-corrected chi connectivity index (χ4v) is 3.33. The Morgan fingerprint density at radius 3 is 2.67 bits per heavy atom. The Morgan fingerprint density at radius 2 is 1.83 bits per heavy atom.